The minimum atomic E-state index is 0.883. The number of hydrogen-bond acceptors (Lipinski definition) is 0. The van der Waals surface area contributed by atoms with Gasteiger partial charge in [0.1, 0.15) is 0 Å². The van der Waals surface area contributed by atoms with Crippen molar-refractivity contribution in [2.45, 2.75) is 91.4 Å². The van der Waals surface area contributed by atoms with E-state index in [2.05, 4.69) is 45.1 Å². The summed E-state index contributed by atoms with van der Waals surface area (Å²) in [6.07, 6.45) is 24.1. The van der Waals surface area contributed by atoms with E-state index in [4.69, 9.17) is 0 Å². The van der Waals surface area contributed by atoms with Gasteiger partial charge in [-0.2, -0.15) is 0 Å². The van der Waals surface area contributed by atoms with Gasteiger partial charge in [0, 0.05) is 0 Å². The van der Waals surface area contributed by atoms with Crippen LogP contribution in [0.2, 0.25) is 0 Å². The molecule has 0 aliphatic carbocycles. The Kier molecular flexibility index (Phi) is 15.1. The van der Waals surface area contributed by atoms with E-state index in [1.54, 1.807) is 0 Å². The van der Waals surface area contributed by atoms with Gasteiger partial charge in [0.2, 0.25) is 0 Å². The zero-order valence-electron chi connectivity index (χ0n) is 13.7. The Morgan fingerprint density at radius 3 is 1.89 bits per heavy atom. The van der Waals surface area contributed by atoms with Gasteiger partial charge in [-0.15, -0.1) is 0 Å². The summed E-state index contributed by atoms with van der Waals surface area (Å²) in [6.45, 7) is 6.89. The molecule has 0 aliphatic rings. The van der Waals surface area contributed by atoms with Crippen LogP contribution in [0.3, 0.4) is 0 Å². The van der Waals surface area contributed by atoms with Crippen molar-refractivity contribution >= 4 is 0 Å². The lowest BCUT2D eigenvalue weighted by Gasteiger charge is -2.03. The highest BCUT2D eigenvalue weighted by atomic mass is 14.0. The van der Waals surface area contributed by atoms with Gasteiger partial charge in [-0.25, -0.2) is 0 Å². The van der Waals surface area contributed by atoms with E-state index in [1.807, 2.05) is 0 Å². The molecule has 0 bridgehead atoms. The summed E-state index contributed by atoms with van der Waals surface area (Å²) in [5.41, 5.74) is 0. The Hall–Kier alpha value is -0.520. The molecule has 0 heteroatoms. The molecule has 0 atom stereocenters. The maximum absolute atomic E-state index is 2.36. The summed E-state index contributed by atoms with van der Waals surface area (Å²) in [5, 5.41) is 0. The molecule has 0 nitrogen and oxygen atoms in total. The summed E-state index contributed by atoms with van der Waals surface area (Å²) in [4.78, 5) is 0. The lowest BCUT2D eigenvalue weighted by Crippen LogP contribution is -1.86. The summed E-state index contributed by atoms with van der Waals surface area (Å²) in [7, 11) is 0. The number of hydrogen-bond donors (Lipinski definition) is 0. The molecule has 0 aromatic carbocycles. The first-order valence-corrected chi connectivity index (χ1v) is 8.57. The van der Waals surface area contributed by atoms with E-state index in [1.165, 1.54) is 64.2 Å². The van der Waals surface area contributed by atoms with Gasteiger partial charge in [0.25, 0.3) is 0 Å². The fourth-order valence-corrected chi connectivity index (χ4v) is 2.17. The molecule has 0 amide bonds. The van der Waals surface area contributed by atoms with Gasteiger partial charge in [0.05, 0.1) is 0 Å². The van der Waals surface area contributed by atoms with E-state index in [0.717, 1.165) is 12.3 Å². The molecule has 0 aromatic heterocycles. The molecule has 0 saturated carbocycles. The minimum absolute atomic E-state index is 0.883. The SMILES string of the molecule is CCCC/C=C\C/C=C\CCCCCCCC(C)C. The molecule has 0 aliphatic heterocycles. The second-order valence-corrected chi connectivity index (χ2v) is 6.06. The van der Waals surface area contributed by atoms with Crippen LogP contribution in [0.15, 0.2) is 24.3 Å². The van der Waals surface area contributed by atoms with E-state index in [-0.39, 0.29) is 0 Å². The largest absolute Gasteiger partial charge is 0.0882 e. The molecular formula is C19H36. The van der Waals surface area contributed by atoms with Crippen LogP contribution >= 0.6 is 0 Å². The molecule has 0 spiro atoms. The summed E-state index contributed by atoms with van der Waals surface area (Å²) in [5.74, 6) is 0.883. The first-order chi connectivity index (χ1) is 9.27. The molecule has 0 fully saturated rings. The third kappa shape index (κ3) is 17.5. The Morgan fingerprint density at radius 2 is 1.26 bits per heavy atom. The monoisotopic (exact) mass is 264 g/mol. The minimum Gasteiger partial charge on any atom is -0.0882 e. The van der Waals surface area contributed by atoms with Crippen molar-refractivity contribution < 1.29 is 0 Å². The van der Waals surface area contributed by atoms with Crippen molar-refractivity contribution in [3.05, 3.63) is 24.3 Å². The molecule has 112 valence electrons. The maximum Gasteiger partial charge on any atom is -0.0169 e. The summed E-state index contributed by atoms with van der Waals surface area (Å²) < 4.78 is 0. The third-order valence-electron chi connectivity index (χ3n) is 3.48. The van der Waals surface area contributed by atoms with Gasteiger partial charge in [0.15, 0.2) is 0 Å². The summed E-state index contributed by atoms with van der Waals surface area (Å²) >= 11 is 0. The molecule has 0 rings (SSSR count). The number of rotatable bonds is 13. The standard InChI is InChI=1S/C19H36/c1-4-5-6-7-8-9-10-11-12-13-14-15-16-17-18-19(2)3/h7-8,10-11,19H,4-6,9,12-18H2,1-3H3/b8-7-,11-10-. The lowest BCUT2D eigenvalue weighted by atomic mass is 10.0. The summed E-state index contributed by atoms with van der Waals surface area (Å²) in [6, 6.07) is 0. The van der Waals surface area contributed by atoms with Crippen LogP contribution in [-0.2, 0) is 0 Å². The van der Waals surface area contributed by atoms with Crippen LogP contribution in [0.25, 0.3) is 0 Å². The van der Waals surface area contributed by atoms with E-state index >= 15 is 0 Å². The van der Waals surface area contributed by atoms with E-state index in [0.29, 0.717) is 0 Å². The molecule has 0 saturated heterocycles. The first-order valence-electron chi connectivity index (χ1n) is 8.57. The highest BCUT2D eigenvalue weighted by Gasteiger charge is 1.93. The fourth-order valence-electron chi connectivity index (χ4n) is 2.17. The van der Waals surface area contributed by atoms with Crippen LogP contribution in [0, 0.1) is 5.92 Å². The van der Waals surface area contributed by atoms with Crippen molar-refractivity contribution in [3.8, 4) is 0 Å². The van der Waals surface area contributed by atoms with Crippen LogP contribution in [0.5, 0.6) is 0 Å². The van der Waals surface area contributed by atoms with Crippen molar-refractivity contribution in [1.29, 1.82) is 0 Å². The van der Waals surface area contributed by atoms with Crippen molar-refractivity contribution in [1.82, 2.24) is 0 Å². The highest BCUT2D eigenvalue weighted by Crippen LogP contribution is 2.11. The zero-order chi connectivity index (χ0) is 14.2. The van der Waals surface area contributed by atoms with Crippen molar-refractivity contribution in [2.24, 2.45) is 5.92 Å². The Labute approximate surface area is 122 Å². The van der Waals surface area contributed by atoms with Crippen LogP contribution in [0.4, 0.5) is 0 Å². The van der Waals surface area contributed by atoms with Gasteiger partial charge in [-0.3, -0.25) is 0 Å². The topological polar surface area (TPSA) is 0 Å². The fraction of sp³-hybridized carbons (Fsp3) is 0.789. The second kappa shape index (κ2) is 15.5. The molecule has 0 unspecified atom stereocenters. The van der Waals surface area contributed by atoms with E-state index in [9.17, 15) is 0 Å². The average molecular weight is 264 g/mol. The molecule has 0 heterocycles. The lowest BCUT2D eigenvalue weighted by molar-refractivity contribution is 0.516. The van der Waals surface area contributed by atoms with Gasteiger partial charge >= 0.3 is 0 Å². The third-order valence-corrected chi connectivity index (χ3v) is 3.48. The van der Waals surface area contributed by atoms with Crippen LogP contribution in [0.1, 0.15) is 91.4 Å². The van der Waals surface area contributed by atoms with E-state index < -0.39 is 0 Å². The highest BCUT2D eigenvalue weighted by molar-refractivity contribution is 4.92. The Balaban J connectivity index is 3.14. The van der Waals surface area contributed by atoms with Crippen LogP contribution < -0.4 is 0 Å². The predicted octanol–water partition coefficient (Wildman–Crippen LogP) is 7.07. The molecular weight excluding hydrogens is 228 g/mol. The predicted molar refractivity (Wildman–Crippen MR) is 89.6 cm³/mol. The van der Waals surface area contributed by atoms with Crippen molar-refractivity contribution in [3.63, 3.8) is 0 Å². The quantitative estimate of drug-likeness (QED) is 0.246. The van der Waals surface area contributed by atoms with Gasteiger partial charge < -0.3 is 0 Å². The Bertz CT molecular complexity index is 210. The zero-order valence-corrected chi connectivity index (χ0v) is 13.7. The molecule has 0 aromatic rings. The van der Waals surface area contributed by atoms with Gasteiger partial charge in [-0.05, 0) is 31.6 Å². The first kappa shape index (κ1) is 18.5. The van der Waals surface area contributed by atoms with Gasteiger partial charge in [-0.1, -0.05) is 90.0 Å². The van der Waals surface area contributed by atoms with Crippen LogP contribution in [-0.4, -0.2) is 0 Å². The Morgan fingerprint density at radius 1 is 0.684 bits per heavy atom. The molecule has 0 N–H and O–H groups in total. The normalized spacial score (nSPS) is 12.2. The maximum atomic E-state index is 2.36. The molecule has 0 radical (unpaired) electrons. The van der Waals surface area contributed by atoms with Crippen molar-refractivity contribution in [2.75, 3.05) is 0 Å². The smallest absolute Gasteiger partial charge is 0.0169 e. The second-order valence-electron chi connectivity index (χ2n) is 6.06. The average Bonchev–Trinajstić information content (AvgIpc) is 2.39. The number of allylic oxidation sites excluding steroid dienone is 4. The molecule has 19 heavy (non-hydrogen) atoms. The number of unbranched alkanes of at least 4 members (excludes halogenated alkanes) is 7.